The number of methoxy groups -OCH3 is 1. The Morgan fingerprint density at radius 1 is 1.10 bits per heavy atom. The van der Waals surface area contributed by atoms with E-state index in [0.29, 0.717) is 41.9 Å². The van der Waals surface area contributed by atoms with Crippen LogP contribution in [0.25, 0.3) is 0 Å². The van der Waals surface area contributed by atoms with Crippen molar-refractivity contribution in [1.82, 2.24) is 15.3 Å². The highest BCUT2D eigenvalue weighted by Crippen LogP contribution is 2.28. The second kappa shape index (κ2) is 11.1. The summed E-state index contributed by atoms with van der Waals surface area (Å²) in [4.78, 5) is 32.3. The minimum absolute atomic E-state index is 0.0681. The van der Waals surface area contributed by atoms with Crippen LogP contribution in [0.3, 0.4) is 0 Å². The van der Waals surface area contributed by atoms with E-state index in [-0.39, 0.29) is 5.91 Å². The number of ether oxygens (including phenoxy) is 1. The van der Waals surface area contributed by atoms with Gasteiger partial charge in [-0.3, -0.25) is 15.1 Å². The van der Waals surface area contributed by atoms with Gasteiger partial charge in [0, 0.05) is 43.2 Å². The molecule has 3 amide bonds. The van der Waals surface area contributed by atoms with Crippen LogP contribution in [0, 0.1) is 0 Å². The Bertz CT molecular complexity index is 840. The fraction of sp³-hybridized carbons (Fsp3) is 0.429. The van der Waals surface area contributed by atoms with E-state index in [1.165, 1.54) is 57.8 Å². The maximum absolute atomic E-state index is 12.2. The molecule has 1 heterocycles. The zero-order valence-electron chi connectivity index (χ0n) is 17.1. The van der Waals surface area contributed by atoms with Crippen molar-refractivity contribution in [2.75, 3.05) is 29.6 Å². The topological polar surface area (TPSA) is 117 Å². The van der Waals surface area contributed by atoms with Crippen LogP contribution >= 0.6 is 0 Å². The third kappa shape index (κ3) is 6.70. The Balaban J connectivity index is 1.49. The van der Waals surface area contributed by atoms with Crippen molar-refractivity contribution in [2.45, 2.75) is 44.6 Å². The number of carbonyl (C=O) groups is 2. The monoisotopic (exact) mass is 412 g/mol. The lowest BCUT2D eigenvalue weighted by Crippen LogP contribution is -2.33. The maximum atomic E-state index is 12.2. The number of anilines is 3. The standard InChI is InChI=1S/C21H28N6O3/c1-30-18-13-16(25-20(28)9-10-23-15-5-3-2-4-6-15)7-8-17(18)26-21(29)27-19-14-22-11-12-24-19/h7-8,11-15,23H,2-6,9-10H2,1H3,(H,25,28)(H2,24,26,27,29). The first-order chi connectivity index (χ1) is 14.6. The van der Waals surface area contributed by atoms with E-state index in [4.69, 9.17) is 4.74 Å². The van der Waals surface area contributed by atoms with E-state index in [9.17, 15) is 9.59 Å². The number of benzene rings is 1. The van der Waals surface area contributed by atoms with Crippen molar-refractivity contribution in [3.63, 3.8) is 0 Å². The molecule has 0 unspecified atom stereocenters. The van der Waals surface area contributed by atoms with Crippen LogP contribution in [0.15, 0.2) is 36.8 Å². The highest BCUT2D eigenvalue weighted by atomic mass is 16.5. The van der Waals surface area contributed by atoms with Crippen LogP contribution < -0.4 is 26.0 Å². The molecule has 0 bridgehead atoms. The Hall–Kier alpha value is -3.20. The minimum atomic E-state index is -0.473. The van der Waals surface area contributed by atoms with E-state index in [0.717, 1.165) is 0 Å². The van der Waals surface area contributed by atoms with Gasteiger partial charge in [-0.2, -0.15) is 0 Å². The quantitative estimate of drug-likeness (QED) is 0.528. The van der Waals surface area contributed by atoms with Crippen LogP contribution in [0.2, 0.25) is 0 Å². The number of nitrogens with zero attached hydrogens (tertiary/aromatic N) is 2. The van der Waals surface area contributed by atoms with Gasteiger partial charge in [0.1, 0.15) is 5.75 Å². The molecule has 4 N–H and O–H groups in total. The largest absolute Gasteiger partial charge is 0.494 e. The van der Waals surface area contributed by atoms with E-state index >= 15 is 0 Å². The van der Waals surface area contributed by atoms with Crippen molar-refractivity contribution < 1.29 is 14.3 Å². The molecule has 1 aliphatic rings. The van der Waals surface area contributed by atoms with Gasteiger partial charge in [-0.05, 0) is 25.0 Å². The van der Waals surface area contributed by atoms with Gasteiger partial charge in [-0.15, -0.1) is 0 Å². The molecule has 2 aromatic rings. The molecule has 30 heavy (non-hydrogen) atoms. The molecule has 3 rings (SSSR count). The molecule has 1 aliphatic carbocycles. The molecule has 0 atom stereocenters. The highest BCUT2D eigenvalue weighted by Gasteiger charge is 2.14. The van der Waals surface area contributed by atoms with Gasteiger partial charge in [-0.25, -0.2) is 9.78 Å². The first kappa shape index (κ1) is 21.5. The number of hydrogen-bond donors (Lipinski definition) is 4. The first-order valence-electron chi connectivity index (χ1n) is 10.2. The normalized spacial score (nSPS) is 14.0. The Labute approximate surface area is 176 Å². The lowest BCUT2D eigenvalue weighted by molar-refractivity contribution is -0.116. The van der Waals surface area contributed by atoms with Gasteiger partial charge in [0.25, 0.3) is 0 Å². The van der Waals surface area contributed by atoms with E-state index in [1.54, 1.807) is 18.2 Å². The Kier molecular flexibility index (Phi) is 7.96. The summed E-state index contributed by atoms with van der Waals surface area (Å²) in [5, 5.41) is 11.6. The third-order valence-electron chi connectivity index (χ3n) is 4.93. The van der Waals surface area contributed by atoms with E-state index < -0.39 is 6.03 Å². The van der Waals surface area contributed by atoms with Crippen LogP contribution in [-0.4, -0.2) is 41.6 Å². The van der Waals surface area contributed by atoms with E-state index in [1.807, 2.05) is 0 Å². The van der Waals surface area contributed by atoms with Crippen molar-refractivity contribution in [3.05, 3.63) is 36.8 Å². The molecule has 1 saturated carbocycles. The molecule has 0 spiro atoms. The summed E-state index contributed by atoms with van der Waals surface area (Å²) in [5.74, 6) is 0.698. The number of carbonyl (C=O) groups excluding carboxylic acids is 2. The maximum Gasteiger partial charge on any atom is 0.324 e. The molecule has 0 saturated heterocycles. The van der Waals surface area contributed by atoms with Crippen LogP contribution in [0.4, 0.5) is 22.0 Å². The average molecular weight is 412 g/mol. The molecule has 9 heteroatoms. The lowest BCUT2D eigenvalue weighted by atomic mass is 9.95. The van der Waals surface area contributed by atoms with Crippen molar-refractivity contribution >= 4 is 29.1 Å². The fourth-order valence-electron chi connectivity index (χ4n) is 3.43. The SMILES string of the molecule is COc1cc(NC(=O)CCNC2CCCCC2)ccc1NC(=O)Nc1cnccn1. The number of rotatable bonds is 8. The Morgan fingerprint density at radius 3 is 2.67 bits per heavy atom. The van der Waals surface area contributed by atoms with Crippen LogP contribution in [0.1, 0.15) is 38.5 Å². The predicted molar refractivity (Wildman–Crippen MR) is 116 cm³/mol. The predicted octanol–water partition coefficient (Wildman–Crippen LogP) is 3.38. The highest BCUT2D eigenvalue weighted by molar-refractivity contribution is 6.00. The molecule has 160 valence electrons. The Morgan fingerprint density at radius 2 is 1.93 bits per heavy atom. The first-order valence-corrected chi connectivity index (χ1v) is 10.2. The molecule has 1 aromatic carbocycles. The number of hydrogen-bond acceptors (Lipinski definition) is 6. The average Bonchev–Trinajstić information content (AvgIpc) is 2.76. The summed E-state index contributed by atoms with van der Waals surface area (Å²) in [6.45, 7) is 0.663. The number of urea groups is 1. The fourth-order valence-corrected chi connectivity index (χ4v) is 3.43. The van der Waals surface area contributed by atoms with Gasteiger partial charge in [0.15, 0.2) is 5.82 Å². The van der Waals surface area contributed by atoms with Gasteiger partial charge in [0.05, 0.1) is 19.0 Å². The zero-order valence-corrected chi connectivity index (χ0v) is 17.1. The summed E-state index contributed by atoms with van der Waals surface area (Å²) >= 11 is 0. The van der Waals surface area contributed by atoms with Gasteiger partial charge in [0.2, 0.25) is 5.91 Å². The molecule has 0 aliphatic heterocycles. The summed E-state index contributed by atoms with van der Waals surface area (Å²) in [6, 6.07) is 5.12. The van der Waals surface area contributed by atoms with Gasteiger partial charge >= 0.3 is 6.03 Å². The molecule has 1 fully saturated rings. The summed E-state index contributed by atoms with van der Waals surface area (Å²) in [6.07, 6.45) is 11.1. The molecular weight excluding hydrogens is 384 g/mol. The number of amides is 3. The van der Waals surface area contributed by atoms with Gasteiger partial charge < -0.3 is 20.7 Å². The molecular formula is C21H28N6O3. The van der Waals surface area contributed by atoms with Crippen molar-refractivity contribution in [1.29, 1.82) is 0 Å². The van der Waals surface area contributed by atoms with E-state index in [2.05, 4.69) is 31.2 Å². The second-order valence-electron chi connectivity index (χ2n) is 7.17. The van der Waals surface area contributed by atoms with Crippen LogP contribution in [0.5, 0.6) is 5.75 Å². The lowest BCUT2D eigenvalue weighted by Gasteiger charge is -2.22. The van der Waals surface area contributed by atoms with Crippen molar-refractivity contribution in [2.24, 2.45) is 0 Å². The second-order valence-corrected chi connectivity index (χ2v) is 7.17. The summed E-state index contributed by atoms with van der Waals surface area (Å²) in [5.41, 5.74) is 1.07. The molecule has 9 nitrogen and oxygen atoms in total. The number of nitrogens with one attached hydrogen (secondary N) is 4. The zero-order chi connectivity index (χ0) is 21.2. The van der Waals surface area contributed by atoms with Crippen LogP contribution in [-0.2, 0) is 4.79 Å². The van der Waals surface area contributed by atoms with Gasteiger partial charge in [-0.1, -0.05) is 19.3 Å². The molecule has 1 aromatic heterocycles. The number of aromatic nitrogens is 2. The minimum Gasteiger partial charge on any atom is -0.494 e. The molecule has 0 radical (unpaired) electrons. The van der Waals surface area contributed by atoms with Crippen molar-refractivity contribution in [3.8, 4) is 5.75 Å². The summed E-state index contributed by atoms with van der Waals surface area (Å²) in [7, 11) is 1.50. The smallest absolute Gasteiger partial charge is 0.324 e. The third-order valence-corrected chi connectivity index (χ3v) is 4.93. The summed E-state index contributed by atoms with van der Waals surface area (Å²) < 4.78 is 5.35.